The molecule has 2 amide bonds. The molecule has 0 saturated carbocycles. The first-order valence-electron chi connectivity index (χ1n) is 10.8. The normalized spacial score (nSPS) is 16.7. The molecule has 2 N–H and O–H groups in total. The van der Waals surface area contributed by atoms with Crippen LogP contribution in [0.2, 0.25) is 0 Å². The number of nitrogens with one attached hydrogen (secondary N) is 2. The van der Waals surface area contributed by atoms with Crippen LogP contribution in [0.5, 0.6) is 0 Å². The van der Waals surface area contributed by atoms with Gasteiger partial charge in [0.05, 0.1) is 18.0 Å². The van der Waals surface area contributed by atoms with Crippen molar-refractivity contribution >= 4 is 39.6 Å². The lowest BCUT2D eigenvalue weighted by atomic mass is 9.95. The predicted octanol–water partition coefficient (Wildman–Crippen LogP) is 1.31. The van der Waals surface area contributed by atoms with Gasteiger partial charge in [0.25, 0.3) is 0 Å². The zero-order valence-corrected chi connectivity index (χ0v) is 21.1. The summed E-state index contributed by atoms with van der Waals surface area (Å²) in [5.74, 6) is -0.651. The quantitative estimate of drug-likeness (QED) is 0.466. The largest absolute Gasteiger partial charge is 0.467 e. The molecular weight excluding hydrogens is 466 g/mol. The third kappa shape index (κ3) is 7.72. The van der Waals surface area contributed by atoms with E-state index >= 15 is 0 Å². The average Bonchev–Trinajstić information content (AvgIpc) is 2.80. The lowest BCUT2D eigenvalue weighted by molar-refractivity contribution is -0.146. The zero-order valence-electron chi connectivity index (χ0n) is 19.5. The number of carbonyl (C=O) groups is 3. The molecule has 1 aromatic carbocycles. The molecular formula is C22H33N3O6S2. The maximum Gasteiger partial charge on any atom is 0.328 e. The van der Waals surface area contributed by atoms with E-state index in [-0.39, 0.29) is 22.6 Å². The van der Waals surface area contributed by atoms with E-state index in [2.05, 4.69) is 10.0 Å². The molecule has 1 fully saturated rings. The van der Waals surface area contributed by atoms with Crippen LogP contribution in [-0.4, -0.2) is 75.4 Å². The van der Waals surface area contributed by atoms with Crippen LogP contribution < -0.4 is 10.0 Å². The van der Waals surface area contributed by atoms with Crippen LogP contribution in [0.15, 0.2) is 29.2 Å². The van der Waals surface area contributed by atoms with E-state index in [0.717, 1.165) is 5.56 Å². The Morgan fingerprint density at radius 2 is 1.79 bits per heavy atom. The van der Waals surface area contributed by atoms with Crippen molar-refractivity contribution in [1.82, 2.24) is 14.9 Å². The molecule has 1 aliphatic rings. The Bertz CT molecular complexity index is 928. The Kier molecular flexibility index (Phi) is 10.2. The Hall–Kier alpha value is -2.11. The highest BCUT2D eigenvalue weighted by atomic mass is 32.2. The van der Waals surface area contributed by atoms with Crippen LogP contribution in [0, 0.1) is 12.8 Å². The summed E-state index contributed by atoms with van der Waals surface area (Å²) in [5.41, 5.74) is 0.937. The second-order valence-electron chi connectivity index (χ2n) is 8.12. The molecule has 1 aromatic rings. The average molecular weight is 500 g/mol. The van der Waals surface area contributed by atoms with Gasteiger partial charge < -0.3 is 15.0 Å². The maximum absolute atomic E-state index is 12.8. The number of aryl methyl sites for hydroxylation is 1. The van der Waals surface area contributed by atoms with Gasteiger partial charge in [-0.1, -0.05) is 17.7 Å². The van der Waals surface area contributed by atoms with E-state index < -0.39 is 28.1 Å². The molecule has 0 aromatic heterocycles. The van der Waals surface area contributed by atoms with Crippen molar-refractivity contribution in [1.29, 1.82) is 0 Å². The number of nitrogens with zero attached hydrogens (tertiary/aromatic N) is 1. The topological polar surface area (TPSA) is 122 Å². The fourth-order valence-corrected chi connectivity index (χ4v) is 5.29. The van der Waals surface area contributed by atoms with Gasteiger partial charge in [0.15, 0.2) is 0 Å². The van der Waals surface area contributed by atoms with Crippen LogP contribution >= 0.6 is 11.8 Å². The molecule has 184 valence electrons. The summed E-state index contributed by atoms with van der Waals surface area (Å²) < 4.78 is 32.3. The Labute approximate surface area is 200 Å². The van der Waals surface area contributed by atoms with E-state index in [4.69, 9.17) is 4.74 Å². The van der Waals surface area contributed by atoms with Crippen molar-refractivity contribution in [2.45, 2.75) is 50.1 Å². The highest BCUT2D eigenvalue weighted by Gasteiger charge is 2.32. The minimum absolute atomic E-state index is 0.102. The van der Waals surface area contributed by atoms with Crippen molar-refractivity contribution in [2.75, 3.05) is 32.2 Å². The summed E-state index contributed by atoms with van der Waals surface area (Å²) >= 11 is 1.58. The van der Waals surface area contributed by atoms with Crippen LogP contribution in [0.4, 0.5) is 0 Å². The smallest absolute Gasteiger partial charge is 0.328 e. The molecule has 33 heavy (non-hydrogen) atoms. The molecule has 1 saturated heterocycles. The second-order valence-corrected chi connectivity index (χ2v) is 10.8. The first kappa shape index (κ1) is 27.1. The molecule has 2 atom stereocenters. The van der Waals surface area contributed by atoms with Gasteiger partial charge in [0, 0.05) is 19.0 Å². The lowest BCUT2D eigenvalue weighted by Gasteiger charge is -2.33. The third-order valence-electron chi connectivity index (χ3n) is 5.62. The fraction of sp³-hybridized carbons (Fsp3) is 0.591. The number of esters is 1. The van der Waals surface area contributed by atoms with Gasteiger partial charge in [-0.3, -0.25) is 9.59 Å². The Morgan fingerprint density at radius 1 is 1.18 bits per heavy atom. The third-order valence-corrected chi connectivity index (χ3v) is 7.82. The van der Waals surface area contributed by atoms with Gasteiger partial charge in [-0.2, -0.15) is 16.5 Å². The monoisotopic (exact) mass is 499 g/mol. The second kappa shape index (κ2) is 12.4. The standard InChI is InChI=1S/C22H33N3O6S2/c1-15-5-7-18(8-6-15)33(29,30)24-16(2)21(27)25-12-9-17(10-13-25)20(26)23-19(11-14-32-4)22(28)31-3/h5-8,16-17,19,24H,9-14H2,1-4H3,(H,23,26). The summed E-state index contributed by atoms with van der Waals surface area (Å²) in [7, 11) is -2.53. The lowest BCUT2D eigenvalue weighted by Crippen LogP contribution is -2.51. The zero-order chi connectivity index (χ0) is 24.6. The molecule has 9 nitrogen and oxygen atoms in total. The van der Waals surface area contributed by atoms with E-state index in [1.807, 2.05) is 13.2 Å². The molecule has 1 heterocycles. The molecule has 1 aliphatic heterocycles. The van der Waals surface area contributed by atoms with E-state index in [0.29, 0.717) is 38.1 Å². The number of carbonyl (C=O) groups excluding carboxylic acids is 3. The number of piperidine rings is 1. The fourth-order valence-electron chi connectivity index (χ4n) is 3.62. The molecule has 0 aliphatic carbocycles. The van der Waals surface area contributed by atoms with E-state index in [1.165, 1.54) is 26.2 Å². The number of benzene rings is 1. The number of rotatable bonds is 10. The van der Waals surface area contributed by atoms with Gasteiger partial charge in [0.1, 0.15) is 6.04 Å². The van der Waals surface area contributed by atoms with Crippen LogP contribution in [0.1, 0.15) is 31.7 Å². The number of hydrogen-bond donors (Lipinski definition) is 2. The van der Waals surface area contributed by atoms with Crippen molar-refractivity contribution in [3.05, 3.63) is 29.8 Å². The molecule has 0 bridgehead atoms. The van der Waals surface area contributed by atoms with Gasteiger partial charge in [0.2, 0.25) is 21.8 Å². The highest BCUT2D eigenvalue weighted by Crippen LogP contribution is 2.19. The van der Waals surface area contributed by atoms with Crippen LogP contribution in [-0.2, 0) is 29.1 Å². The van der Waals surface area contributed by atoms with Gasteiger partial charge in [-0.25, -0.2) is 13.2 Å². The first-order chi connectivity index (χ1) is 15.6. The summed E-state index contributed by atoms with van der Waals surface area (Å²) in [6, 6.07) is 4.77. The molecule has 0 spiro atoms. The Balaban J connectivity index is 1.90. The van der Waals surface area contributed by atoms with Gasteiger partial charge >= 0.3 is 5.97 Å². The number of amides is 2. The number of sulfonamides is 1. The van der Waals surface area contributed by atoms with Crippen molar-refractivity contribution in [3.8, 4) is 0 Å². The maximum atomic E-state index is 12.8. The number of thioether (sulfide) groups is 1. The van der Waals surface area contributed by atoms with Crippen LogP contribution in [0.25, 0.3) is 0 Å². The summed E-state index contributed by atoms with van der Waals surface area (Å²) in [6.45, 7) is 4.04. The molecule has 2 unspecified atom stereocenters. The number of likely N-dealkylation sites (tertiary alicyclic amines) is 1. The molecule has 11 heteroatoms. The van der Waals surface area contributed by atoms with Crippen molar-refractivity contribution < 1.29 is 27.5 Å². The summed E-state index contributed by atoms with van der Waals surface area (Å²) in [4.78, 5) is 39.0. The van der Waals surface area contributed by atoms with Gasteiger partial charge in [-0.15, -0.1) is 0 Å². The summed E-state index contributed by atoms with van der Waals surface area (Å²) in [5, 5.41) is 2.77. The Morgan fingerprint density at radius 3 is 2.33 bits per heavy atom. The van der Waals surface area contributed by atoms with Crippen LogP contribution in [0.3, 0.4) is 0 Å². The minimum atomic E-state index is -3.82. The molecule has 2 rings (SSSR count). The number of ether oxygens (including phenoxy) is 1. The van der Waals surface area contributed by atoms with Crippen molar-refractivity contribution in [2.24, 2.45) is 5.92 Å². The van der Waals surface area contributed by atoms with E-state index in [9.17, 15) is 22.8 Å². The predicted molar refractivity (Wildman–Crippen MR) is 127 cm³/mol. The van der Waals surface area contributed by atoms with Gasteiger partial charge in [-0.05, 0) is 57.3 Å². The number of methoxy groups -OCH3 is 1. The first-order valence-corrected chi connectivity index (χ1v) is 13.7. The SMILES string of the molecule is COC(=O)C(CCSC)NC(=O)C1CCN(C(=O)C(C)NS(=O)(=O)c2ccc(C)cc2)CC1. The van der Waals surface area contributed by atoms with E-state index in [1.54, 1.807) is 28.8 Å². The molecule has 0 radical (unpaired) electrons. The highest BCUT2D eigenvalue weighted by molar-refractivity contribution is 7.98. The summed E-state index contributed by atoms with van der Waals surface area (Å²) in [6.07, 6.45) is 3.27. The minimum Gasteiger partial charge on any atom is -0.467 e. The number of hydrogen-bond acceptors (Lipinski definition) is 7. The van der Waals surface area contributed by atoms with Crippen molar-refractivity contribution in [3.63, 3.8) is 0 Å².